The maximum atomic E-state index is 13.4. The van der Waals surface area contributed by atoms with Crippen molar-refractivity contribution >= 4 is 52.0 Å². The zero-order valence-electron chi connectivity index (χ0n) is 17.4. The lowest BCUT2D eigenvalue weighted by Crippen LogP contribution is -2.23. The second-order valence-electron chi connectivity index (χ2n) is 6.83. The van der Waals surface area contributed by atoms with E-state index in [0.29, 0.717) is 27.0 Å². The summed E-state index contributed by atoms with van der Waals surface area (Å²) in [6, 6.07) is 9.71. The van der Waals surface area contributed by atoms with Gasteiger partial charge in [0, 0.05) is 29.7 Å². The number of ether oxygens (including phenoxy) is 1. The molecule has 0 saturated carbocycles. The van der Waals surface area contributed by atoms with Crippen molar-refractivity contribution in [2.75, 3.05) is 12.4 Å². The largest absolute Gasteiger partial charge is 0.437 e. The number of pyridine rings is 1. The Morgan fingerprint density at radius 1 is 1.15 bits per heavy atom. The number of hydrogen-bond donors (Lipinski definition) is 2. The lowest BCUT2D eigenvalue weighted by molar-refractivity contribution is 0.0964. The van der Waals surface area contributed by atoms with Gasteiger partial charge in [-0.1, -0.05) is 23.2 Å². The number of carbonyl (C=O) groups is 2. The Labute approximate surface area is 203 Å². The first-order valence-corrected chi connectivity index (χ1v) is 11.3. The maximum absolute atomic E-state index is 13.4. The van der Waals surface area contributed by atoms with E-state index in [-0.39, 0.29) is 23.0 Å². The van der Waals surface area contributed by atoms with Gasteiger partial charge in [-0.15, -0.1) is 16.4 Å². The van der Waals surface area contributed by atoms with E-state index >= 15 is 0 Å². The zero-order chi connectivity index (χ0) is 23.5. The number of carbonyl (C=O) groups excluding carboxylic acids is 2. The van der Waals surface area contributed by atoms with Crippen LogP contribution >= 0.6 is 34.5 Å². The molecule has 168 valence electrons. The van der Waals surface area contributed by atoms with Gasteiger partial charge in [0.2, 0.25) is 5.88 Å². The van der Waals surface area contributed by atoms with E-state index in [4.69, 9.17) is 27.9 Å². The minimum absolute atomic E-state index is 0.109. The van der Waals surface area contributed by atoms with Gasteiger partial charge in [0.25, 0.3) is 11.8 Å². The molecule has 33 heavy (non-hydrogen) atoms. The number of nitrogens with one attached hydrogen (secondary N) is 2. The van der Waals surface area contributed by atoms with Gasteiger partial charge in [-0.25, -0.2) is 9.67 Å². The van der Waals surface area contributed by atoms with Crippen LogP contribution in [0.2, 0.25) is 10.0 Å². The molecule has 0 radical (unpaired) electrons. The minimum atomic E-state index is -0.542. The molecular formula is C22H17Cl2N5O3S. The van der Waals surface area contributed by atoms with E-state index in [1.165, 1.54) is 41.4 Å². The fourth-order valence-corrected chi connectivity index (χ4v) is 4.12. The molecule has 4 rings (SSSR count). The number of rotatable bonds is 6. The molecule has 0 aliphatic heterocycles. The fourth-order valence-electron chi connectivity index (χ4n) is 3.10. The molecule has 0 saturated heterocycles. The Bertz CT molecular complexity index is 1340. The van der Waals surface area contributed by atoms with Crippen LogP contribution in [0.25, 0.3) is 5.82 Å². The number of anilines is 1. The van der Waals surface area contributed by atoms with Gasteiger partial charge in [-0.2, -0.15) is 0 Å². The van der Waals surface area contributed by atoms with Crippen LogP contribution in [0, 0.1) is 6.92 Å². The Kier molecular flexibility index (Phi) is 6.64. The van der Waals surface area contributed by atoms with E-state index in [1.807, 2.05) is 5.38 Å². The Hall–Kier alpha value is -3.40. The van der Waals surface area contributed by atoms with Crippen LogP contribution in [0.3, 0.4) is 0 Å². The summed E-state index contributed by atoms with van der Waals surface area (Å²) in [6.07, 6.45) is 1.54. The van der Waals surface area contributed by atoms with Gasteiger partial charge in [0.15, 0.2) is 5.82 Å². The maximum Gasteiger partial charge on any atom is 0.274 e. The number of amides is 2. The molecule has 0 fully saturated rings. The third kappa shape index (κ3) is 4.85. The molecule has 11 heteroatoms. The zero-order valence-corrected chi connectivity index (χ0v) is 19.8. The molecule has 0 bridgehead atoms. The van der Waals surface area contributed by atoms with E-state index in [2.05, 4.69) is 20.7 Å². The molecule has 1 aromatic carbocycles. The monoisotopic (exact) mass is 501 g/mol. The van der Waals surface area contributed by atoms with Crippen LogP contribution in [-0.4, -0.2) is 33.6 Å². The number of halogens is 2. The fraction of sp³-hybridized carbons (Fsp3) is 0.0909. The van der Waals surface area contributed by atoms with Gasteiger partial charge in [0.1, 0.15) is 11.4 Å². The van der Waals surface area contributed by atoms with Crippen molar-refractivity contribution in [2.45, 2.75) is 6.92 Å². The average molecular weight is 502 g/mol. The molecule has 3 heterocycles. The van der Waals surface area contributed by atoms with Crippen molar-refractivity contribution in [2.24, 2.45) is 0 Å². The molecule has 8 nitrogen and oxygen atoms in total. The smallest absolute Gasteiger partial charge is 0.274 e. The number of thiophene rings is 1. The molecule has 4 aromatic rings. The quantitative estimate of drug-likeness (QED) is 0.371. The lowest BCUT2D eigenvalue weighted by Gasteiger charge is -2.14. The number of hydrogen-bond acceptors (Lipinski definition) is 6. The summed E-state index contributed by atoms with van der Waals surface area (Å²) >= 11 is 13.9. The van der Waals surface area contributed by atoms with Crippen molar-refractivity contribution in [3.8, 4) is 17.4 Å². The SMILES string of the molecule is CNC(=O)c1cc(Cl)cc(C)c1NC(=O)c1cc(Oc2ccsc2)nn1-c1ncccc1Cl. The molecule has 0 aliphatic carbocycles. The van der Waals surface area contributed by atoms with Crippen LogP contribution in [0.4, 0.5) is 5.69 Å². The minimum Gasteiger partial charge on any atom is -0.437 e. The van der Waals surface area contributed by atoms with Crippen LogP contribution in [-0.2, 0) is 0 Å². The van der Waals surface area contributed by atoms with E-state index in [0.717, 1.165) is 0 Å². The summed E-state index contributed by atoms with van der Waals surface area (Å²) in [5.41, 5.74) is 1.28. The second-order valence-corrected chi connectivity index (χ2v) is 8.45. The topological polar surface area (TPSA) is 98.1 Å². The van der Waals surface area contributed by atoms with Gasteiger partial charge < -0.3 is 15.4 Å². The average Bonchev–Trinajstić information content (AvgIpc) is 3.45. The number of benzene rings is 1. The molecular weight excluding hydrogens is 485 g/mol. The molecule has 0 spiro atoms. The van der Waals surface area contributed by atoms with Crippen LogP contribution < -0.4 is 15.4 Å². The Morgan fingerprint density at radius 2 is 1.97 bits per heavy atom. The predicted molar refractivity (Wildman–Crippen MR) is 128 cm³/mol. The first-order valence-electron chi connectivity index (χ1n) is 9.62. The first kappa shape index (κ1) is 22.8. The van der Waals surface area contributed by atoms with Crippen molar-refractivity contribution in [1.82, 2.24) is 20.1 Å². The van der Waals surface area contributed by atoms with Gasteiger partial charge in [0.05, 0.1) is 16.3 Å². The molecule has 2 N–H and O–H groups in total. The van der Waals surface area contributed by atoms with Gasteiger partial charge >= 0.3 is 0 Å². The summed E-state index contributed by atoms with van der Waals surface area (Å²) in [4.78, 5) is 30.0. The van der Waals surface area contributed by atoms with Crippen molar-refractivity contribution in [3.05, 3.63) is 80.2 Å². The molecule has 0 atom stereocenters. The summed E-state index contributed by atoms with van der Waals surface area (Å²) < 4.78 is 7.06. The highest BCUT2D eigenvalue weighted by atomic mass is 35.5. The first-order chi connectivity index (χ1) is 15.9. The third-order valence-electron chi connectivity index (χ3n) is 4.59. The van der Waals surface area contributed by atoms with Crippen molar-refractivity contribution in [3.63, 3.8) is 0 Å². The molecule has 0 aliphatic rings. The van der Waals surface area contributed by atoms with E-state index in [9.17, 15) is 9.59 Å². The lowest BCUT2D eigenvalue weighted by atomic mass is 10.1. The van der Waals surface area contributed by atoms with Crippen molar-refractivity contribution in [1.29, 1.82) is 0 Å². The van der Waals surface area contributed by atoms with E-state index in [1.54, 1.807) is 36.6 Å². The Balaban J connectivity index is 1.77. The molecule has 2 amide bonds. The summed E-state index contributed by atoms with van der Waals surface area (Å²) in [5, 5.41) is 14.1. The highest BCUT2D eigenvalue weighted by Crippen LogP contribution is 2.29. The highest BCUT2D eigenvalue weighted by Gasteiger charge is 2.23. The molecule has 3 aromatic heterocycles. The number of aryl methyl sites for hydroxylation is 1. The van der Waals surface area contributed by atoms with E-state index < -0.39 is 11.8 Å². The predicted octanol–water partition coefficient (Wildman–Crippen LogP) is 5.35. The van der Waals surface area contributed by atoms with Crippen LogP contribution in [0.5, 0.6) is 11.6 Å². The second kappa shape index (κ2) is 9.62. The summed E-state index contributed by atoms with van der Waals surface area (Å²) in [5.74, 6) is 0.0845. The number of aromatic nitrogens is 3. The third-order valence-corrected chi connectivity index (χ3v) is 5.76. The highest BCUT2D eigenvalue weighted by molar-refractivity contribution is 7.08. The Morgan fingerprint density at radius 3 is 2.67 bits per heavy atom. The summed E-state index contributed by atoms with van der Waals surface area (Å²) in [6.45, 7) is 1.74. The standard InChI is InChI=1S/C22H17Cl2N5O3S/c1-12-8-13(23)9-15(21(30)25-2)19(12)27-22(31)17-10-18(32-14-5-7-33-11-14)28-29(17)20-16(24)4-3-6-26-20/h3-11H,1-2H3,(H,25,30)(H,27,31). The summed E-state index contributed by atoms with van der Waals surface area (Å²) in [7, 11) is 1.50. The molecule has 0 unspecified atom stereocenters. The number of nitrogens with zero attached hydrogens (tertiary/aromatic N) is 3. The van der Waals surface area contributed by atoms with Crippen LogP contribution in [0.15, 0.2) is 53.4 Å². The van der Waals surface area contributed by atoms with Crippen molar-refractivity contribution < 1.29 is 14.3 Å². The normalized spacial score (nSPS) is 10.7. The van der Waals surface area contributed by atoms with Crippen LogP contribution in [0.1, 0.15) is 26.4 Å². The van der Waals surface area contributed by atoms with Gasteiger partial charge in [-0.3, -0.25) is 9.59 Å². The van der Waals surface area contributed by atoms with Gasteiger partial charge in [-0.05, 0) is 48.2 Å².